The number of likely N-dealkylation sites (tertiary alicyclic amines) is 2. The van der Waals surface area contributed by atoms with E-state index in [9.17, 15) is 5.11 Å². The molecule has 1 N–H and O–H groups in total. The van der Waals surface area contributed by atoms with E-state index in [1.54, 1.807) is 0 Å². The number of nitrogens with zero attached hydrogens (tertiary/aromatic N) is 5. The Labute approximate surface area is 136 Å². The summed E-state index contributed by atoms with van der Waals surface area (Å²) in [7, 11) is 4.01. The zero-order valence-electron chi connectivity index (χ0n) is 13.6. The Morgan fingerprint density at radius 2 is 1.91 bits per heavy atom. The lowest BCUT2D eigenvalue weighted by molar-refractivity contribution is 0.119. The minimum atomic E-state index is 0.298. The van der Waals surface area contributed by atoms with Gasteiger partial charge in [-0.15, -0.1) is 0 Å². The Morgan fingerprint density at radius 1 is 1.18 bits per heavy atom. The molecule has 2 aliphatic heterocycles. The van der Waals surface area contributed by atoms with Crippen molar-refractivity contribution in [3.63, 3.8) is 0 Å². The number of rotatable bonds is 6. The Hall–Kier alpha value is -0.760. The van der Waals surface area contributed by atoms with Crippen LogP contribution in [0.25, 0.3) is 0 Å². The third-order valence-corrected chi connectivity index (χ3v) is 5.76. The number of aliphatic hydroxyl groups is 1. The molecule has 124 valence electrons. The highest BCUT2D eigenvalue weighted by molar-refractivity contribution is 7.09. The Morgan fingerprint density at radius 3 is 2.59 bits per heavy atom. The molecule has 0 saturated carbocycles. The third kappa shape index (κ3) is 3.59. The van der Waals surface area contributed by atoms with Crippen molar-refractivity contribution in [1.82, 2.24) is 19.2 Å². The smallest absolute Gasteiger partial charge is 0.204 e. The Kier molecular flexibility index (Phi) is 5.28. The molecule has 0 aromatic carbocycles. The molecular weight excluding hydrogens is 298 g/mol. The van der Waals surface area contributed by atoms with Crippen LogP contribution in [-0.4, -0.2) is 76.7 Å². The van der Waals surface area contributed by atoms with E-state index in [1.807, 2.05) is 19.0 Å². The molecule has 3 rings (SSSR count). The number of aromatic nitrogens is 2. The average Bonchev–Trinajstić information content (AvgIpc) is 3.21. The van der Waals surface area contributed by atoms with E-state index in [0.717, 1.165) is 43.6 Å². The summed E-state index contributed by atoms with van der Waals surface area (Å²) in [4.78, 5) is 11.6. The summed E-state index contributed by atoms with van der Waals surface area (Å²) in [6, 6.07) is 0.957. The topological polar surface area (TPSA) is 55.7 Å². The van der Waals surface area contributed by atoms with Crippen molar-refractivity contribution in [1.29, 1.82) is 0 Å². The van der Waals surface area contributed by atoms with Crippen LogP contribution in [0.15, 0.2) is 0 Å². The molecule has 0 aliphatic carbocycles. The normalized spacial score (nSPS) is 26.9. The molecule has 0 amide bonds. The van der Waals surface area contributed by atoms with Gasteiger partial charge in [-0.3, -0.25) is 9.80 Å². The molecule has 2 aliphatic rings. The van der Waals surface area contributed by atoms with Gasteiger partial charge in [0.25, 0.3) is 0 Å². The number of anilines is 1. The molecule has 22 heavy (non-hydrogen) atoms. The molecule has 2 atom stereocenters. The van der Waals surface area contributed by atoms with Crippen molar-refractivity contribution in [3.8, 4) is 0 Å². The van der Waals surface area contributed by atoms with Crippen LogP contribution in [0, 0.1) is 0 Å². The first-order chi connectivity index (χ1) is 10.7. The van der Waals surface area contributed by atoms with E-state index in [0.29, 0.717) is 18.7 Å². The van der Waals surface area contributed by atoms with Crippen LogP contribution < -0.4 is 4.90 Å². The molecule has 2 saturated heterocycles. The van der Waals surface area contributed by atoms with Crippen LogP contribution in [0.2, 0.25) is 0 Å². The summed E-state index contributed by atoms with van der Waals surface area (Å²) in [6.45, 7) is 4.50. The second-order valence-corrected chi connectivity index (χ2v) is 7.36. The van der Waals surface area contributed by atoms with E-state index in [1.165, 1.54) is 30.8 Å². The fraction of sp³-hybridized carbons (Fsp3) is 0.867. The maximum Gasteiger partial charge on any atom is 0.204 e. The van der Waals surface area contributed by atoms with Gasteiger partial charge < -0.3 is 10.0 Å². The van der Waals surface area contributed by atoms with Gasteiger partial charge in [0.05, 0.1) is 13.2 Å². The van der Waals surface area contributed by atoms with Crippen molar-refractivity contribution in [2.24, 2.45) is 0 Å². The van der Waals surface area contributed by atoms with Crippen molar-refractivity contribution >= 4 is 16.7 Å². The third-order valence-electron chi connectivity index (χ3n) is 4.84. The van der Waals surface area contributed by atoms with Crippen molar-refractivity contribution < 1.29 is 5.11 Å². The van der Waals surface area contributed by atoms with Gasteiger partial charge in [0.2, 0.25) is 5.13 Å². The fourth-order valence-electron chi connectivity index (χ4n) is 3.60. The molecule has 0 bridgehead atoms. The highest BCUT2D eigenvalue weighted by Crippen LogP contribution is 2.25. The lowest BCUT2D eigenvalue weighted by atomic mass is 10.2. The molecule has 7 heteroatoms. The predicted molar refractivity (Wildman–Crippen MR) is 89.3 cm³/mol. The fourth-order valence-corrected chi connectivity index (χ4v) is 4.19. The average molecular weight is 325 g/mol. The summed E-state index contributed by atoms with van der Waals surface area (Å²) in [6.07, 6.45) is 4.87. The molecule has 0 radical (unpaired) electrons. The second kappa shape index (κ2) is 7.21. The van der Waals surface area contributed by atoms with Crippen molar-refractivity contribution in [2.45, 2.75) is 44.3 Å². The predicted octanol–water partition coefficient (Wildman–Crippen LogP) is 1.03. The van der Waals surface area contributed by atoms with E-state index in [4.69, 9.17) is 0 Å². The quantitative estimate of drug-likeness (QED) is 0.843. The van der Waals surface area contributed by atoms with Crippen LogP contribution >= 0.6 is 11.5 Å². The van der Waals surface area contributed by atoms with Crippen molar-refractivity contribution in [2.75, 3.05) is 45.2 Å². The first-order valence-corrected chi connectivity index (χ1v) is 9.03. The first-order valence-electron chi connectivity index (χ1n) is 8.26. The van der Waals surface area contributed by atoms with E-state index in [2.05, 4.69) is 19.2 Å². The van der Waals surface area contributed by atoms with Gasteiger partial charge in [0.15, 0.2) is 5.82 Å². The standard InChI is InChI=1S/C15H27N5OS/c1-18(2)15-16-14(17-22-15)10-20-8-3-5-12(20)9-19-7-4-6-13(19)11-21/h12-13,21H,3-11H2,1-2H3. The lowest BCUT2D eigenvalue weighted by Crippen LogP contribution is -2.43. The van der Waals surface area contributed by atoms with Crippen molar-refractivity contribution in [3.05, 3.63) is 5.82 Å². The molecule has 1 aromatic heterocycles. The SMILES string of the molecule is CN(C)c1nc(CN2CCCC2CN2CCCC2CO)ns1. The van der Waals surface area contributed by atoms with E-state index >= 15 is 0 Å². The molecule has 6 nitrogen and oxygen atoms in total. The summed E-state index contributed by atoms with van der Waals surface area (Å²) < 4.78 is 4.49. The van der Waals surface area contributed by atoms with Gasteiger partial charge in [0, 0.05) is 44.3 Å². The molecule has 2 unspecified atom stereocenters. The second-order valence-electron chi connectivity index (χ2n) is 6.63. The van der Waals surface area contributed by atoms with Crippen LogP contribution in [0.1, 0.15) is 31.5 Å². The van der Waals surface area contributed by atoms with Gasteiger partial charge in [-0.2, -0.15) is 4.37 Å². The van der Waals surface area contributed by atoms with Crippen LogP contribution in [0.5, 0.6) is 0 Å². The largest absolute Gasteiger partial charge is 0.395 e. The zero-order valence-corrected chi connectivity index (χ0v) is 14.4. The lowest BCUT2D eigenvalue weighted by Gasteiger charge is -2.30. The summed E-state index contributed by atoms with van der Waals surface area (Å²) in [5, 5.41) is 10.5. The molecule has 2 fully saturated rings. The Balaban J connectivity index is 1.58. The highest BCUT2D eigenvalue weighted by Gasteiger charge is 2.31. The van der Waals surface area contributed by atoms with Crippen LogP contribution in [-0.2, 0) is 6.54 Å². The van der Waals surface area contributed by atoms with Crippen LogP contribution in [0.4, 0.5) is 5.13 Å². The number of hydrogen-bond acceptors (Lipinski definition) is 7. The summed E-state index contributed by atoms with van der Waals surface area (Å²) in [5.41, 5.74) is 0. The highest BCUT2D eigenvalue weighted by atomic mass is 32.1. The van der Waals surface area contributed by atoms with Gasteiger partial charge in [-0.1, -0.05) is 0 Å². The molecule has 3 heterocycles. The number of hydrogen-bond donors (Lipinski definition) is 1. The van der Waals surface area contributed by atoms with Gasteiger partial charge in [0.1, 0.15) is 0 Å². The molecule has 0 spiro atoms. The molecular formula is C15H27N5OS. The van der Waals surface area contributed by atoms with Gasteiger partial charge in [-0.25, -0.2) is 4.98 Å². The summed E-state index contributed by atoms with van der Waals surface area (Å²) >= 11 is 1.47. The van der Waals surface area contributed by atoms with Crippen LogP contribution in [0.3, 0.4) is 0 Å². The van der Waals surface area contributed by atoms with Gasteiger partial charge in [-0.05, 0) is 38.8 Å². The van der Waals surface area contributed by atoms with E-state index in [-0.39, 0.29) is 0 Å². The zero-order chi connectivity index (χ0) is 15.5. The Bertz CT molecular complexity index is 480. The minimum absolute atomic E-state index is 0.298. The first kappa shape index (κ1) is 16.1. The number of aliphatic hydroxyl groups excluding tert-OH is 1. The molecule has 1 aromatic rings. The minimum Gasteiger partial charge on any atom is -0.395 e. The van der Waals surface area contributed by atoms with Gasteiger partial charge >= 0.3 is 0 Å². The monoisotopic (exact) mass is 325 g/mol. The van der Waals surface area contributed by atoms with E-state index < -0.39 is 0 Å². The summed E-state index contributed by atoms with van der Waals surface area (Å²) in [5.74, 6) is 0.945. The maximum atomic E-state index is 9.49. The maximum absolute atomic E-state index is 9.49.